The first-order valence-electron chi connectivity index (χ1n) is 8.15. The number of hydrogen-bond acceptors (Lipinski definition) is 3. The highest BCUT2D eigenvalue weighted by atomic mass is 35.5. The number of hydrogen-bond donors (Lipinski definition) is 0. The number of ether oxygens (including phenoxy) is 1. The maximum absolute atomic E-state index is 12.6. The van der Waals surface area contributed by atoms with Gasteiger partial charge < -0.3 is 4.74 Å². The Morgan fingerprint density at radius 1 is 1.08 bits per heavy atom. The maximum Gasteiger partial charge on any atom is 0.166 e. The van der Waals surface area contributed by atoms with Crippen molar-refractivity contribution in [3.05, 3.63) is 76.6 Å². The lowest BCUT2D eigenvalue weighted by Crippen LogP contribution is -2.20. The van der Waals surface area contributed by atoms with Crippen LogP contribution in [0.5, 0.6) is 5.75 Å². The lowest BCUT2D eigenvalue weighted by Gasteiger charge is -2.23. The molecule has 1 unspecified atom stereocenters. The molecule has 4 nitrogen and oxygen atoms in total. The summed E-state index contributed by atoms with van der Waals surface area (Å²) in [6.45, 7) is 0. The van der Waals surface area contributed by atoms with Gasteiger partial charge in [0.1, 0.15) is 5.75 Å². The van der Waals surface area contributed by atoms with Gasteiger partial charge in [-0.15, -0.1) is 0 Å². The SMILES string of the molecule is COc1ccc(-n2ncc3c2CC(c2ccc(Cl)cc2)CC3=O)cc1. The second-order valence-electron chi connectivity index (χ2n) is 6.19. The highest BCUT2D eigenvalue weighted by Gasteiger charge is 2.30. The molecule has 1 aliphatic rings. The summed E-state index contributed by atoms with van der Waals surface area (Å²) < 4.78 is 7.06. The molecule has 1 atom stereocenters. The van der Waals surface area contributed by atoms with Gasteiger partial charge in [0.15, 0.2) is 5.78 Å². The van der Waals surface area contributed by atoms with E-state index < -0.39 is 0 Å². The van der Waals surface area contributed by atoms with Gasteiger partial charge in [0.05, 0.1) is 30.3 Å². The summed E-state index contributed by atoms with van der Waals surface area (Å²) in [4.78, 5) is 12.6. The Labute approximate surface area is 151 Å². The summed E-state index contributed by atoms with van der Waals surface area (Å²) >= 11 is 5.98. The van der Waals surface area contributed by atoms with Crippen molar-refractivity contribution in [2.45, 2.75) is 18.8 Å². The average molecular weight is 353 g/mol. The van der Waals surface area contributed by atoms with E-state index in [9.17, 15) is 4.79 Å². The number of Topliss-reactive ketones (excluding diaryl/α,β-unsaturated/α-hetero) is 1. The van der Waals surface area contributed by atoms with Crippen molar-refractivity contribution in [2.75, 3.05) is 7.11 Å². The third-order valence-corrected chi connectivity index (χ3v) is 4.95. The number of fused-ring (bicyclic) bond motifs is 1. The highest BCUT2D eigenvalue weighted by molar-refractivity contribution is 6.30. The first kappa shape index (κ1) is 15.9. The number of ketones is 1. The predicted molar refractivity (Wildman–Crippen MR) is 97.0 cm³/mol. The third kappa shape index (κ3) is 2.94. The van der Waals surface area contributed by atoms with E-state index in [1.54, 1.807) is 13.3 Å². The van der Waals surface area contributed by atoms with Crippen molar-refractivity contribution >= 4 is 17.4 Å². The summed E-state index contributed by atoms with van der Waals surface area (Å²) in [7, 11) is 1.64. The molecule has 0 aliphatic heterocycles. The number of rotatable bonds is 3. The zero-order valence-corrected chi connectivity index (χ0v) is 14.5. The summed E-state index contributed by atoms with van der Waals surface area (Å²) in [5.41, 5.74) is 3.74. The van der Waals surface area contributed by atoms with E-state index in [1.165, 1.54) is 0 Å². The molecule has 126 valence electrons. The molecule has 5 heteroatoms. The number of methoxy groups -OCH3 is 1. The molecule has 0 radical (unpaired) electrons. The zero-order valence-electron chi connectivity index (χ0n) is 13.8. The van der Waals surface area contributed by atoms with Gasteiger partial charge in [0, 0.05) is 11.4 Å². The van der Waals surface area contributed by atoms with E-state index in [0.717, 1.165) is 34.7 Å². The van der Waals surface area contributed by atoms with Crippen LogP contribution in [0.25, 0.3) is 5.69 Å². The van der Waals surface area contributed by atoms with E-state index in [4.69, 9.17) is 16.3 Å². The van der Waals surface area contributed by atoms with Crippen LogP contribution in [0.2, 0.25) is 5.02 Å². The van der Waals surface area contributed by atoms with Crippen molar-refractivity contribution in [3.8, 4) is 11.4 Å². The molecule has 0 spiro atoms. The second kappa shape index (κ2) is 6.37. The summed E-state index contributed by atoms with van der Waals surface area (Å²) in [5, 5.41) is 5.15. The normalized spacial score (nSPS) is 16.6. The van der Waals surface area contributed by atoms with E-state index in [1.807, 2.05) is 53.2 Å². The Bertz CT molecular complexity index is 914. The molecule has 0 amide bonds. The standard InChI is InChI=1S/C20H17ClN2O2/c1-25-17-8-6-16(7-9-17)23-19-10-14(11-20(24)18(19)12-22-23)13-2-4-15(21)5-3-13/h2-9,12,14H,10-11H2,1H3. The van der Waals surface area contributed by atoms with Gasteiger partial charge in [0.25, 0.3) is 0 Å². The van der Waals surface area contributed by atoms with Crippen molar-refractivity contribution in [3.63, 3.8) is 0 Å². The molecule has 0 N–H and O–H groups in total. The number of aromatic nitrogens is 2. The Hall–Kier alpha value is -2.59. The minimum Gasteiger partial charge on any atom is -0.497 e. The highest BCUT2D eigenvalue weighted by Crippen LogP contribution is 2.34. The fourth-order valence-corrected chi connectivity index (χ4v) is 3.48. The fourth-order valence-electron chi connectivity index (χ4n) is 3.36. The Morgan fingerprint density at radius 3 is 2.48 bits per heavy atom. The van der Waals surface area contributed by atoms with Crippen molar-refractivity contribution < 1.29 is 9.53 Å². The first-order valence-corrected chi connectivity index (χ1v) is 8.53. The molecule has 3 aromatic rings. The van der Waals surface area contributed by atoms with Crippen LogP contribution in [-0.4, -0.2) is 22.7 Å². The van der Waals surface area contributed by atoms with Gasteiger partial charge in [-0.25, -0.2) is 4.68 Å². The number of halogens is 1. The van der Waals surface area contributed by atoms with E-state index in [-0.39, 0.29) is 11.7 Å². The number of carbonyl (C=O) groups is 1. The Morgan fingerprint density at radius 2 is 1.80 bits per heavy atom. The maximum atomic E-state index is 12.6. The van der Waals surface area contributed by atoms with Gasteiger partial charge in [-0.1, -0.05) is 23.7 Å². The van der Waals surface area contributed by atoms with Crippen molar-refractivity contribution in [2.24, 2.45) is 0 Å². The van der Waals surface area contributed by atoms with Crippen LogP contribution in [0.1, 0.15) is 34.0 Å². The van der Waals surface area contributed by atoms with E-state index in [2.05, 4.69) is 5.10 Å². The molecule has 0 saturated carbocycles. The minimum absolute atomic E-state index is 0.140. The van der Waals surface area contributed by atoms with Crippen molar-refractivity contribution in [1.29, 1.82) is 0 Å². The molecule has 1 aromatic heterocycles. The Balaban J connectivity index is 1.70. The lowest BCUT2D eigenvalue weighted by atomic mass is 9.82. The number of benzene rings is 2. The molecular weight excluding hydrogens is 336 g/mol. The third-order valence-electron chi connectivity index (χ3n) is 4.70. The molecule has 1 heterocycles. The topological polar surface area (TPSA) is 44.1 Å². The predicted octanol–water partition coefficient (Wildman–Crippen LogP) is 4.45. The minimum atomic E-state index is 0.140. The van der Waals surface area contributed by atoms with Gasteiger partial charge in [0.2, 0.25) is 0 Å². The molecule has 0 fully saturated rings. The van der Waals surface area contributed by atoms with Crippen LogP contribution < -0.4 is 4.74 Å². The van der Waals surface area contributed by atoms with Gasteiger partial charge in [-0.05, 0) is 54.3 Å². The van der Waals surface area contributed by atoms with Crippen LogP contribution >= 0.6 is 11.6 Å². The molecule has 0 bridgehead atoms. The molecule has 2 aromatic carbocycles. The quantitative estimate of drug-likeness (QED) is 0.699. The molecule has 4 rings (SSSR count). The summed E-state index contributed by atoms with van der Waals surface area (Å²) in [6, 6.07) is 15.4. The monoisotopic (exact) mass is 352 g/mol. The van der Waals surface area contributed by atoms with E-state index in [0.29, 0.717) is 11.4 Å². The molecule has 0 saturated heterocycles. The largest absolute Gasteiger partial charge is 0.497 e. The van der Waals surface area contributed by atoms with Crippen molar-refractivity contribution in [1.82, 2.24) is 9.78 Å². The lowest BCUT2D eigenvalue weighted by molar-refractivity contribution is 0.0963. The first-order chi connectivity index (χ1) is 12.2. The summed E-state index contributed by atoms with van der Waals surface area (Å²) in [6.07, 6.45) is 2.96. The van der Waals surface area contributed by atoms with Gasteiger partial charge in [-0.3, -0.25) is 4.79 Å². The molecule has 1 aliphatic carbocycles. The number of carbonyl (C=O) groups excluding carboxylic acids is 1. The van der Waals surface area contributed by atoms with E-state index >= 15 is 0 Å². The van der Waals surface area contributed by atoms with Gasteiger partial charge in [-0.2, -0.15) is 5.10 Å². The Kier molecular flexibility index (Phi) is 4.06. The summed E-state index contributed by atoms with van der Waals surface area (Å²) in [5.74, 6) is 1.08. The van der Waals surface area contributed by atoms with Crippen LogP contribution in [0, 0.1) is 0 Å². The molecular formula is C20H17ClN2O2. The van der Waals surface area contributed by atoms with Crippen LogP contribution in [0.3, 0.4) is 0 Å². The average Bonchev–Trinajstić information content (AvgIpc) is 3.07. The van der Waals surface area contributed by atoms with Crippen LogP contribution in [0.15, 0.2) is 54.7 Å². The fraction of sp³-hybridized carbons (Fsp3) is 0.200. The second-order valence-corrected chi connectivity index (χ2v) is 6.63. The van der Waals surface area contributed by atoms with Crippen LogP contribution in [0.4, 0.5) is 0 Å². The smallest absolute Gasteiger partial charge is 0.166 e. The number of nitrogens with zero attached hydrogens (tertiary/aromatic N) is 2. The zero-order chi connectivity index (χ0) is 17.4. The van der Waals surface area contributed by atoms with Gasteiger partial charge >= 0.3 is 0 Å². The van der Waals surface area contributed by atoms with Crippen LogP contribution in [-0.2, 0) is 6.42 Å². The molecule has 25 heavy (non-hydrogen) atoms.